The van der Waals surface area contributed by atoms with Crippen LogP contribution >= 0.6 is 0 Å². The Hall–Kier alpha value is -3.12. The molecule has 0 bridgehead atoms. The second-order valence-corrected chi connectivity index (χ2v) is 9.75. The first kappa shape index (κ1) is 23.1. The Kier molecular flexibility index (Phi) is 6.84. The van der Waals surface area contributed by atoms with Crippen molar-refractivity contribution in [3.05, 3.63) is 141 Å². The van der Waals surface area contributed by atoms with Crippen LogP contribution < -0.4 is 0 Å². The Bertz CT molecular complexity index is 1120. The number of benzene rings is 4. The van der Waals surface area contributed by atoms with Crippen molar-refractivity contribution >= 4 is 0 Å². The monoisotopic (exact) mass is 432 g/mol. The zero-order chi connectivity index (χ0) is 23.5. The van der Waals surface area contributed by atoms with Crippen LogP contribution in [0.1, 0.15) is 88.6 Å². The molecule has 4 aromatic rings. The third-order valence-electron chi connectivity index (χ3n) is 7.27. The Balaban J connectivity index is 1.87. The van der Waals surface area contributed by atoms with Crippen LogP contribution in [0.2, 0.25) is 0 Å². The lowest BCUT2D eigenvalue weighted by molar-refractivity contribution is 0.798. The van der Waals surface area contributed by atoms with Gasteiger partial charge in [-0.3, -0.25) is 0 Å². The zero-order valence-electron chi connectivity index (χ0n) is 20.9. The molecule has 0 aromatic heterocycles. The molecule has 0 radical (unpaired) electrons. The van der Waals surface area contributed by atoms with Crippen LogP contribution in [0.5, 0.6) is 0 Å². The fourth-order valence-electron chi connectivity index (χ4n) is 4.95. The third-order valence-corrected chi connectivity index (χ3v) is 7.27. The van der Waals surface area contributed by atoms with Crippen molar-refractivity contribution in [2.45, 2.75) is 59.3 Å². The fraction of sp³-hybridized carbons (Fsp3) is 0.273. The van der Waals surface area contributed by atoms with E-state index in [1.54, 1.807) is 0 Å². The van der Waals surface area contributed by atoms with Crippen LogP contribution in [0.3, 0.4) is 0 Å². The minimum atomic E-state index is 0.317. The van der Waals surface area contributed by atoms with E-state index >= 15 is 0 Å². The van der Waals surface area contributed by atoms with E-state index in [0.29, 0.717) is 17.8 Å². The smallest absolute Gasteiger partial charge is 0.00669 e. The average Bonchev–Trinajstić information content (AvgIpc) is 2.83. The molecule has 0 fully saturated rings. The van der Waals surface area contributed by atoms with Gasteiger partial charge in [-0.1, -0.05) is 128 Å². The highest BCUT2D eigenvalue weighted by atomic mass is 14.3. The van der Waals surface area contributed by atoms with Gasteiger partial charge in [0.2, 0.25) is 0 Å². The summed E-state index contributed by atoms with van der Waals surface area (Å²) in [6.07, 6.45) is 0. The maximum absolute atomic E-state index is 2.37. The second-order valence-electron chi connectivity index (χ2n) is 9.75. The summed E-state index contributed by atoms with van der Waals surface area (Å²) in [6, 6.07) is 34.1. The summed E-state index contributed by atoms with van der Waals surface area (Å²) in [7, 11) is 0. The lowest BCUT2D eigenvalue weighted by Gasteiger charge is -2.28. The van der Waals surface area contributed by atoms with Crippen LogP contribution in [0, 0.1) is 20.8 Å². The van der Waals surface area contributed by atoms with E-state index in [-0.39, 0.29) is 0 Å². The predicted molar refractivity (Wildman–Crippen MR) is 143 cm³/mol. The lowest BCUT2D eigenvalue weighted by atomic mass is 9.76. The Labute approximate surface area is 200 Å². The fourth-order valence-corrected chi connectivity index (χ4v) is 4.95. The van der Waals surface area contributed by atoms with Gasteiger partial charge in [0.05, 0.1) is 0 Å². The Morgan fingerprint density at radius 1 is 0.394 bits per heavy atom. The summed E-state index contributed by atoms with van der Waals surface area (Å²) in [5.41, 5.74) is 12.4. The van der Waals surface area contributed by atoms with Gasteiger partial charge in [-0.05, 0) is 54.2 Å². The SMILES string of the molecule is Cc1ccc(C(C)c2cccc(C(C)c3ccc(C)cc3)c2C(C)c2ccc(C)cc2)cc1. The predicted octanol–water partition coefficient (Wildman–Crippen LogP) is 9.07. The van der Waals surface area contributed by atoms with Gasteiger partial charge in [-0.15, -0.1) is 0 Å². The van der Waals surface area contributed by atoms with Gasteiger partial charge in [-0.25, -0.2) is 0 Å². The summed E-state index contributed by atoms with van der Waals surface area (Å²) >= 11 is 0. The second kappa shape index (κ2) is 9.79. The zero-order valence-corrected chi connectivity index (χ0v) is 20.9. The molecule has 0 aliphatic rings. The molecular formula is C33H36. The van der Waals surface area contributed by atoms with E-state index in [0.717, 1.165) is 0 Å². The molecule has 3 unspecified atom stereocenters. The number of rotatable bonds is 6. The van der Waals surface area contributed by atoms with Crippen molar-refractivity contribution in [1.82, 2.24) is 0 Å². The summed E-state index contributed by atoms with van der Waals surface area (Å²) in [5, 5.41) is 0. The van der Waals surface area contributed by atoms with E-state index in [2.05, 4.69) is 133 Å². The highest BCUT2D eigenvalue weighted by Crippen LogP contribution is 2.40. The molecule has 0 heterocycles. The van der Waals surface area contributed by atoms with Gasteiger partial charge in [0, 0.05) is 17.8 Å². The van der Waals surface area contributed by atoms with E-state index in [1.807, 2.05) is 0 Å². The standard InChI is InChI=1S/C33H36/c1-22-10-16-28(17-11-22)25(4)31-8-7-9-32(26(5)29-18-12-23(2)13-19-29)33(31)27(6)30-20-14-24(3)15-21-30/h7-21,25-27H,1-6H3. The minimum Gasteiger partial charge on any atom is -0.0617 e. The van der Waals surface area contributed by atoms with Gasteiger partial charge in [0.1, 0.15) is 0 Å². The van der Waals surface area contributed by atoms with E-state index < -0.39 is 0 Å². The van der Waals surface area contributed by atoms with Crippen LogP contribution in [-0.4, -0.2) is 0 Å². The van der Waals surface area contributed by atoms with Gasteiger partial charge in [0.25, 0.3) is 0 Å². The highest BCUT2D eigenvalue weighted by Gasteiger charge is 2.24. The maximum atomic E-state index is 2.37. The minimum absolute atomic E-state index is 0.317. The first-order valence-corrected chi connectivity index (χ1v) is 12.2. The third kappa shape index (κ3) is 4.96. The quantitative estimate of drug-likeness (QED) is 0.285. The molecule has 4 aromatic carbocycles. The summed E-state index contributed by atoms with van der Waals surface area (Å²) in [4.78, 5) is 0. The molecule has 0 spiro atoms. The molecule has 0 nitrogen and oxygen atoms in total. The van der Waals surface area contributed by atoms with Gasteiger partial charge < -0.3 is 0 Å². The normalized spacial score (nSPS) is 14.0. The van der Waals surface area contributed by atoms with Crippen molar-refractivity contribution in [3.8, 4) is 0 Å². The van der Waals surface area contributed by atoms with Crippen LogP contribution in [0.4, 0.5) is 0 Å². The number of hydrogen-bond donors (Lipinski definition) is 0. The summed E-state index contributed by atoms with van der Waals surface area (Å²) in [5.74, 6) is 0.981. The van der Waals surface area contributed by atoms with E-state index in [1.165, 1.54) is 50.1 Å². The Morgan fingerprint density at radius 2 is 0.697 bits per heavy atom. The molecule has 0 N–H and O–H groups in total. The van der Waals surface area contributed by atoms with Crippen LogP contribution in [-0.2, 0) is 0 Å². The molecule has 0 heteroatoms. The van der Waals surface area contributed by atoms with E-state index in [4.69, 9.17) is 0 Å². The molecular weight excluding hydrogens is 396 g/mol. The average molecular weight is 433 g/mol. The van der Waals surface area contributed by atoms with E-state index in [9.17, 15) is 0 Å². The molecule has 4 rings (SSSR count). The van der Waals surface area contributed by atoms with Gasteiger partial charge >= 0.3 is 0 Å². The first-order chi connectivity index (χ1) is 15.8. The van der Waals surface area contributed by atoms with Crippen molar-refractivity contribution in [2.75, 3.05) is 0 Å². The van der Waals surface area contributed by atoms with Crippen molar-refractivity contribution < 1.29 is 0 Å². The summed E-state index contributed by atoms with van der Waals surface area (Å²) in [6.45, 7) is 13.5. The number of hydrogen-bond acceptors (Lipinski definition) is 0. The molecule has 0 aliphatic carbocycles. The van der Waals surface area contributed by atoms with Crippen molar-refractivity contribution in [1.29, 1.82) is 0 Å². The Morgan fingerprint density at radius 3 is 1.03 bits per heavy atom. The largest absolute Gasteiger partial charge is 0.0617 e. The number of aryl methyl sites for hydroxylation is 3. The molecule has 0 aliphatic heterocycles. The molecule has 0 saturated carbocycles. The van der Waals surface area contributed by atoms with Gasteiger partial charge in [-0.2, -0.15) is 0 Å². The topological polar surface area (TPSA) is 0 Å². The highest BCUT2D eigenvalue weighted by molar-refractivity contribution is 5.51. The van der Waals surface area contributed by atoms with Crippen LogP contribution in [0.15, 0.2) is 91.0 Å². The maximum Gasteiger partial charge on any atom is 0.00669 e. The van der Waals surface area contributed by atoms with Crippen molar-refractivity contribution in [3.63, 3.8) is 0 Å². The first-order valence-electron chi connectivity index (χ1n) is 12.2. The lowest BCUT2D eigenvalue weighted by Crippen LogP contribution is -2.11. The molecule has 0 amide bonds. The van der Waals surface area contributed by atoms with Gasteiger partial charge in [0.15, 0.2) is 0 Å². The molecule has 0 saturated heterocycles. The summed E-state index contributed by atoms with van der Waals surface area (Å²) < 4.78 is 0. The molecule has 168 valence electrons. The van der Waals surface area contributed by atoms with Crippen molar-refractivity contribution in [2.24, 2.45) is 0 Å². The molecule has 3 atom stereocenters. The van der Waals surface area contributed by atoms with Crippen LogP contribution in [0.25, 0.3) is 0 Å². The molecule has 33 heavy (non-hydrogen) atoms.